The van der Waals surface area contributed by atoms with E-state index >= 15 is 0 Å². The summed E-state index contributed by atoms with van der Waals surface area (Å²) in [5, 5.41) is 0. The second kappa shape index (κ2) is 7.24. The Morgan fingerprint density at radius 2 is 2.00 bits per heavy atom. The van der Waals surface area contributed by atoms with Crippen LogP contribution in [0.3, 0.4) is 0 Å². The number of hydrogen-bond acceptors (Lipinski definition) is 5. The fourth-order valence-electron chi connectivity index (χ4n) is 1.49. The summed E-state index contributed by atoms with van der Waals surface area (Å²) in [5.74, 6) is 0.736. The Morgan fingerprint density at radius 1 is 1.35 bits per heavy atom. The minimum Gasteiger partial charge on any atom is -0.464 e. The van der Waals surface area contributed by atoms with E-state index < -0.39 is 0 Å². The zero-order chi connectivity index (χ0) is 12.7. The van der Waals surface area contributed by atoms with Crippen molar-refractivity contribution in [1.29, 1.82) is 0 Å². The molecule has 0 atom stereocenters. The van der Waals surface area contributed by atoms with Crippen molar-refractivity contribution in [3.8, 4) is 0 Å². The van der Waals surface area contributed by atoms with Gasteiger partial charge in [0.1, 0.15) is 6.61 Å². The van der Waals surface area contributed by atoms with Crippen LogP contribution in [0.4, 0.5) is 0 Å². The molecule has 0 aliphatic carbocycles. The third-order valence-electron chi connectivity index (χ3n) is 2.34. The van der Waals surface area contributed by atoms with Gasteiger partial charge in [-0.2, -0.15) is 11.8 Å². The lowest BCUT2D eigenvalue weighted by molar-refractivity contribution is -0.145. The van der Waals surface area contributed by atoms with Crippen LogP contribution in [0.25, 0.3) is 0 Å². The highest BCUT2D eigenvalue weighted by Gasteiger charge is 2.15. The lowest BCUT2D eigenvalue weighted by Crippen LogP contribution is -2.40. The molecule has 100 valence electrons. The molecule has 0 aromatic rings. The maximum Gasteiger partial charge on any atom is 0.320 e. The number of carbonyl (C=O) groups is 1. The van der Waals surface area contributed by atoms with Crippen LogP contribution < -0.4 is 0 Å². The quantitative estimate of drug-likeness (QED) is 0.552. The molecule has 1 aliphatic rings. The topological polar surface area (TPSA) is 38.8 Å². The van der Waals surface area contributed by atoms with E-state index in [1.54, 1.807) is 0 Å². The Balaban J connectivity index is 2.04. The molecule has 0 aromatic heterocycles. The van der Waals surface area contributed by atoms with E-state index in [0.717, 1.165) is 18.8 Å². The van der Waals surface area contributed by atoms with Gasteiger partial charge in [-0.15, -0.1) is 0 Å². The first-order valence-electron chi connectivity index (χ1n) is 6.07. The van der Waals surface area contributed by atoms with Gasteiger partial charge >= 0.3 is 5.97 Å². The van der Waals surface area contributed by atoms with Gasteiger partial charge in [-0.3, -0.25) is 9.69 Å². The van der Waals surface area contributed by atoms with Crippen molar-refractivity contribution in [2.45, 2.75) is 25.5 Å². The van der Waals surface area contributed by atoms with Crippen LogP contribution in [0.5, 0.6) is 0 Å². The average Bonchev–Trinajstić information content (AvgIpc) is 2.25. The minimum absolute atomic E-state index is 0.124. The largest absolute Gasteiger partial charge is 0.464 e. The molecule has 4 nitrogen and oxygen atoms in total. The van der Waals surface area contributed by atoms with Gasteiger partial charge in [0, 0.05) is 23.6 Å². The van der Waals surface area contributed by atoms with Crippen molar-refractivity contribution >= 4 is 17.7 Å². The van der Waals surface area contributed by atoms with Gasteiger partial charge in [0.05, 0.1) is 19.8 Å². The Bertz CT molecular complexity index is 234. The Labute approximate surface area is 108 Å². The first-order valence-corrected chi connectivity index (χ1v) is 7.05. The maximum atomic E-state index is 11.5. The summed E-state index contributed by atoms with van der Waals surface area (Å²) in [6.45, 7) is 10.5. The number of hydrogen-bond donors (Lipinski definition) is 0. The maximum absolute atomic E-state index is 11.5. The van der Waals surface area contributed by atoms with Gasteiger partial charge in [-0.25, -0.2) is 0 Å². The minimum atomic E-state index is -0.124. The smallest absolute Gasteiger partial charge is 0.320 e. The lowest BCUT2D eigenvalue weighted by atomic mass is 10.3. The summed E-state index contributed by atoms with van der Waals surface area (Å²) >= 11 is 1.81. The van der Waals surface area contributed by atoms with E-state index in [-0.39, 0.29) is 10.7 Å². The predicted octanol–water partition coefficient (Wildman–Crippen LogP) is 1.39. The van der Waals surface area contributed by atoms with Crippen LogP contribution >= 0.6 is 11.8 Å². The summed E-state index contributed by atoms with van der Waals surface area (Å²) in [5.41, 5.74) is 0. The molecule has 5 heteroatoms. The van der Waals surface area contributed by atoms with Gasteiger partial charge < -0.3 is 9.47 Å². The zero-order valence-corrected chi connectivity index (χ0v) is 11.8. The summed E-state index contributed by atoms with van der Waals surface area (Å²) in [6.07, 6.45) is 0. The number of carbonyl (C=O) groups excluding carboxylic acids is 1. The molecule has 1 aliphatic heterocycles. The average molecular weight is 261 g/mol. The summed E-state index contributed by atoms with van der Waals surface area (Å²) in [6, 6.07) is 0. The highest BCUT2D eigenvalue weighted by molar-refractivity contribution is 8.00. The second-order valence-electron chi connectivity index (χ2n) is 5.07. The third-order valence-corrected chi connectivity index (χ3v) is 3.57. The normalized spacial score (nSPS) is 18.1. The highest BCUT2D eigenvalue weighted by Crippen LogP contribution is 2.22. The van der Waals surface area contributed by atoms with E-state index in [4.69, 9.17) is 9.47 Å². The summed E-state index contributed by atoms with van der Waals surface area (Å²) in [4.78, 5) is 13.6. The van der Waals surface area contributed by atoms with Gasteiger partial charge in [-0.1, -0.05) is 20.8 Å². The lowest BCUT2D eigenvalue weighted by Gasteiger charge is -2.25. The first-order chi connectivity index (χ1) is 7.97. The molecule has 0 amide bonds. The van der Waals surface area contributed by atoms with Gasteiger partial charge in [0.2, 0.25) is 0 Å². The number of rotatable bonds is 5. The van der Waals surface area contributed by atoms with Crippen LogP contribution in [-0.4, -0.2) is 60.8 Å². The predicted molar refractivity (Wildman–Crippen MR) is 70.4 cm³/mol. The fraction of sp³-hybridized carbons (Fsp3) is 0.917. The van der Waals surface area contributed by atoms with E-state index in [0.29, 0.717) is 26.4 Å². The molecule has 1 saturated heterocycles. The van der Waals surface area contributed by atoms with Crippen LogP contribution in [0.2, 0.25) is 0 Å². The number of morpholine rings is 1. The van der Waals surface area contributed by atoms with Crippen molar-refractivity contribution in [2.24, 2.45) is 0 Å². The second-order valence-corrected chi connectivity index (χ2v) is 6.99. The molecule has 1 rings (SSSR count). The highest BCUT2D eigenvalue weighted by atomic mass is 32.2. The van der Waals surface area contributed by atoms with Crippen molar-refractivity contribution < 1.29 is 14.3 Å². The van der Waals surface area contributed by atoms with Crippen LogP contribution in [0.1, 0.15) is 20.8 Å². The van der Waals surface area contributed by atoms with Crippen molar-refractivity contribution in [1.82, 2.24) is 4.90 Å². The molecule has 1 heterocycles. The Hall–Kier alpha value is -0.260. The number of ether oxygens (including phenoxy) is 2. The SMILES string of the molecule is CC(C)(C)SCCOC(=O)CN1CCOCC1. The molecule has 0 N–H and O–H groups in total. The standard InChI is InChI=1S/C12H23NO3S/c1-12(2,3)17-9-8-16-11(14)10-13-4-6-15-7-5-13/h4-10H2,1-3H3. The van der Waals surface area contributed by atoms with E-state index in [1.165, 1.54) is 0 Å². The van der Waals surface area contributed by atoms with Gasteiger partial charge in [-0.05, 0) is 0 Å². The first kappa shape index (κ1) is 14.8. The Kier molecular flexibility index (Phi) is 6.30. The van der Waals surface area contributed by atoms with E-state index in [9.17, 15) is 4.79 Å². The molecule has 0 saturated carbocycles. The molecule has 0 bridgehead atoms. The summed E-state index contributed by atoms with van der Waals surface area (Å²) in [7, 11) is 0. The molecule has 0 radical (unpaired) electrons. The van der Waals surface area contributed by atoms with Crippen LogP contribution in [0.15, 0.2) is 0 Å². The summed E-state index contributed by atoms with van der Waals surface area (Å²) < 4.78 is 10.7. The van der Waals surface area contributed by atoms with Crippen molar-refractivity contribution in [3.63, 3.8) is 0 Å². The molecule has 1 fully saturated rings. The zero-order valence-electron chi connectivity index (χ0n) is 11.0. The number of thioether (sulfide) groups is 1. The van der Waals surface area contributed by atoms with Crippen molar-refractivity contribution in [3.05, 3.63) is 0 Å². The molecule has 0 aromatic carbocycles. The molecule has 0 unspecified atom stereocenters. The van der Waals surface area contributed by atoms with Crippen molar-refractivity contribution in [2.75, 3.05) is 45.2 Å². The molecular formula is C12H23NO3S. The van der Waals surface area contributed by atoms with Gasteiger partial charge in [0.15, 0.2) is 0 Å². The van der Waals surface area contributed by atoms with Gasteiger partial charge in [0.25, 0.3) is 0 Å². The van der Waals surface area contributed by atoms with Crippen LogP contribution in [0, 0.1) is 0 Å². The number of nitrogens with zero attached hydrogens (tertiary/aromatic N) is 1. The third kappa shape index (κ3) is 7.63. The van der Waals surface area contributed by atoms with Crippen LogP contribution in [-0.2, 0) is 14.3 Å². The Morgan fingerprint density at radius 3 is 2.59 bits per heavy atom. The van der Waals surface area contributed by atoms with E-state index in [1.807, 2.05) is 11.8 Å². The fourth-order valence-corrected chi connectivity index (χ4v) is 2.27. The molecule has 17 heavy (non-hydrogen) atoms. The molecule has 0 spiro atoms. The monoisotopic (exact) mass is 261 g/mol. The molecular weight excluding hydrogens is 238 g/mol. The van der Waals surface area contributed by atoms with E-state index in [2.05, 4.69) is 25.7 Å². The number of esters is 1.